The molecule has 0 spiro atoms. The quantitative estimate of drug-likeness (QED) is 0.495. The van der Waals surface area contributed by atoms with E-state index in [-0.39, 0.29) is 24.7 Å². The Bertz CT molecular complexity index is 1050. The van der Waals surface area contributed by atoms with Crippen LogP contribution in [0.1, 0.15) is 0 Å². The molecular weight excluding hydrogens is 378 g/mol. The third-order valence-electron chi connectivity index (χ3n) is 4.29. The molecule has 1 aliphatic rings. The second kappa shape index (κ2) is 6.34. The number of aromatic nitrogens is 2. The van der Waals surface area contributed by atoms with Gasteiger partial charge in [0.2, 0.25) is 11.5 Å². The van der Waals surface area contributed by atoms with Crippen molar-refractivity contribution in [2.24, 2.45) is 0 Å². The lowest BCUT2D eigenvalue weighted by Gasteiger charge is -2.33. The van der Waals surface area contributed by atoms with Crippen molar-refractivity contribution < 1.29 is 13.3 Å². The first-order valence-electron chi connectivity index (χ1n) is 7.88. The summed E-state index contributed by atoms with van der Waals surface area (Å²) in [7, 11) is -3.51. The Morgan fingerprint density at radius 3 is 2.54 bits per heavy atom. The molecule has 0 unspecified atom stereocenters. The Morgan fingerprint density at radius 2 is 1.88 bits per heavy atom. The Kier molecular flexibility index (Phi) is 4.13. The summed E-state index contributed by atoms with van der Waals surface area (Å²) in [6, 6.07) is 8.46. The van der Waals surface area contributed by atoms with Gasteiger partial charge in [0.05, 0.1) is 6.20 Å². The number of rotatable bonds is 4. The van der Waals surface area contributed by atoms with Crippen LogP contribution in [0.25, 0.3) is 5.65 Å². The molecule has 0 radical (unpaired) electrons. The maximum Gasteiger partial charge on any atom is 0.372 e. The highest BCUT2D eigenvalue weighted by atomic mass is 32.2. The van der Waals surface area contributed by atoms with Gasteiger partial charge < -0.3 is 15.0 Å². The molecule has 4 rings (SSSR count). The van der Waals surface area contributed by atoms with Crippen molar-refractivity contribution in [2.45, 2.75) is 4.21 Å². The number of pyridine rings is 1. The zero-order chi connectivity index (χ0) is 18.3. The normalized spacial score (nSPS) is 16.2. The van der Waals surface area contributed by atoms with Crippen LogP contribution in [0.4, 0.5) is 11.6 Å². The summed E-state index contributed by atoms with van der Waals surface area (Å²) in [6.45, 7) is 1.20. The summed E-state index contributed by atoms with van der Waals surface area (Å²) >= 11 is 1.18. The van der Waals surface area contributed by atoms with Gasteiger partial charge in [0, 0.05) is 32.2 Å². The second-order valence-corrected chi connectivity index (χ2v) is 8.88. The smallest absolute Gasteiger partial charge is 0.358 e. The van der Waals surface area contributed by atoms with Gasteiger partial charge in [-0.25, -0.2) is 8.42 Å². The van der Waals surface area contributed by atoms with Crippen molar-refractivity contribution in [1.29, 1.82) is 0 Å². The number of piperazine rings is 1. The van der Waals surface area contributed by atoms with Crippen molar-refractivity contribution in [1.82, 2.24) is 13.7 Å². The predicted molar refractivity (Wildman–Crippen MR) is 97.1 cm³/mol. The van der Waals surface area contributed by atoms with E-state index in [4.69, 9.17) is 0 Å². The lowest BCUT2D eigenvalue weighted by atomic mass is 10.3. The Hall–Kier alpha value is -2.50. The molecule has 136 valence electrons. The maximum atomic E-state index is 12.6. The fourth-order valence-corrected chi connectivity index (χ4v) is 5.60. The van der Waals surface area contributed by atoms with Gasteiger partial charge in [-0.2, -0.15) is 13.7 Å². The third kappa shape index (κ3) is 2.73. The van der Waals surface area contributed by atoms with Crippen LogP contribution in [-0.4, -0.2) is 53.2 Å². The minimum atomic E-state index is -3.51. The molecule has 0 bridgehead atoms. The molecule has 0 amide bonds. The van der Waals surface area contributed by atoms with Crippen molar-refractivity contribution in [2.75, 3.05) is 31.1 Å². The molecule has 0 aromatic carbocycles. The van der Waals surface area contributed by atoms with Crippen LogP contribution in [0.15, 0.2) is 46.1 Å². The molecule has 0 atom stereocenters. The van der Waals surface area contributed by atoms with Crippen molar-refractivity contribution >= 4 is 38.6 Å². The molecule has 1 fully saturated rings. The molecule has 26 heavy (non-hydrogen) atoms. The fraction of sp³-hybridized carbons (Fsp3) is 0.267. The third-order valence-corrected chi connectivity index (χ3v) is 7.56. The van der Waals surface area contributed by atoms with E-state index < -0.39 is 14.9 Å². The highest BCUT2D eigenvalue weighted by Crippen LogP contribution is 2.30. The molecule has 1 aliphatic heterocycles. The minimum Gasteiger partial charge on any atom is -0.358 e. The van der Waals surface area contributed by atoms with Crippen LogP contribution in [0.5, 0.6) is 0 Å². The van der Waals surface area contributed by atoms with E-state index in [0.29, 0.717) is 22.9 Å². The molecule has 9 nitrogen and oxygen atoms in total. The zero-order valence-electron chi connectivity index (χ0n) is 13.6. The highest BCUT2D eigenvalue weighted by molar-refractivity contribution is 7.91. The average molecular weight is 393 g/mol. The summed E-state index contributed by atoms with van der Waals surface area (Å²) in [5, 5.41) is 13.3. The van der Waals surface area contributed by atoms with Crippen LogP contribution in [0.3, 0.4) is 0 Å². The topological polar surface area (TPSA) is 101 Å². The van der Waals surface area contributed by atoms with Gasteiger partial charge in [0.25, 0.3) is 10.0 Å². The first-order chi connectivity index (χ1) is 12.5. The van der Waals surface area contributed by atoms with Crippen molar-refractivity contribution in [3.63, 3.8) is 0 Å². The summed E-state index contributed by atoms with van der Waals surface area (Å²) in [5.41, 5.74) is 0.489. The largest absolute Gasteiger partial charge is 0.372 e. The number of thiophene rings is 1. The van der Waals surface area contributed by atoms with E-state index in [1.807, 2.05) is 0 Å². The van der Waals surface area contributed by atoms with Crippen LogP contribution in [0, 0.1) is 10.1 Å². The molecule has 11 heteroatoms. The minimum absolute atomic E-state index is 0.102. The van der Waals surface area contributed by atoms with Crippen LogP contribution in [0.2, 0.25) is 0 Å². The number of hydrogen-bond acceptors (Lipinski definition) is 7. The number of nitro groups is 1. The molecular formula is C15H15N5O4S2. The standard InChI is InChI=1S/C15H15N5O4S2/c21-20(22)15-14(16-12-4-1-2-6-19(12)15)17-7-9-18(10-8-17)26(23,24)13-5-3-11-25-13/h1-6,11H,7-10H2. The lowest BCUT2D eigenvalue weighted by Crippen LogP contribution is -2.48. The van der Waals surface area contributed by atoms with Gasteiger partial charge in [0.1, 0.15) is 4.21 Å². The Labute approximate surface area is 153 Å². The van der Waals surface area contributed by atoms with E-state index >= 15 is 0 Å². The zero-order valence-corrected chi connectivity index (χ0v) is 15.2. The van der Waals surface area contributed by atoms with Gasteiger partial charge >= 0.3 is 5.82 Å². The monoisotopic (exact) mass is 393 g/mol. The van der Waals surface area contributed by atoms with Crippen molar-refractivity contribution in [3.8, 4) is 0 Å². The fourth-order valence-electron chi connectivity index (χ4n) is 3.03. The number of sulfonamides is 1. The predicted octanol–water partition coefficient (Wildman–Crippen LogP) is 1.81. The molecule has 3 aromatic heterocycles. The number of imidazole rings is 1. The highest BCUT2D eigenvalue weighted by Gasteiger charge is 2.33. The maximum absolute atomic E-state index is 12.6. The molecule has 0 N–H and O–H groups in total. The second-order valence-electron chi connectivity index (χ2n) is 5.77. The van der Waals surface area contributed by atoms with E-state index in [0.717, 1.165) is 0 Å². The summed E-state index contributed by atoms with van der Waals surface area (Å²) in [5.74, 6) is 0.171. The van der Waals surface area contributed by atoms with Gasteiger partial charge in [-0.3, -0.25) is 0 Å². The Balaban J connectivity index is 1.60. The SMILES string of the molecule is O=[N+]([O-])c1c(N2CCN(S(=O)(=O)c3cccs3)CC2)nc2ccccn12. The van der Waals surface area contributed by atoms with Gasteiger partial charge in [-0.05, 0) is 22.4 Å². The Morgan fingerprint density at radius 1 is 1.12 bits per heavy atom. The van der Waals surface area contributed by atoms with E-state index in [9.17, 15) is 18.5 Å². The summed E-state index contributed by atoms with van der Waals surface area (Å²) in [6.07, 6.45) is 1.60. The van der Waals surface area contributed by atoms with Gasteiger partial charge in [0.15, 0.2) is 0 Å². The van der Waals surface area contributed by atoms with Crippen molar-refractivity contribution in [3.05, 3.63) is 52.0 Å². The van der Waals surface area contributed by atoms with E-state index in [1.165, 1.54) is 20.0 Å². The average Bonchev–Trinajstić information content (AvgIpc) is 3.30. The first-order valence-corrected chi connectivity index (χ1v) is 10.2. The number of fused-ring (bicyclic) bond motifs is 1. The van der Waals surface area contributed by atoms with Gasteiger partial charge in [-0.15, -0.1) is 11.3 Å². The van der Waals surface area contributed by atoms with E-state index in [1.54, 1.807) is 46.8 Å². The van der Waals surface area contributed by atoms with Crippen LogP contribution < -0.4 is 4.90 Å². The number of nitrogens with zero attached hydrogens (tertiary/aromatic N) is 5. The number of anilines is 1. The molecule has 4 heterocycles. The van der Waals surface area contributed by atoms with E-state index in [2.05, 4.69) is 4.98 Å². The van der Waals surface area contributed by atoms with Crippen LogP contribution in [-0.2, 0) is 10.0 Å². The molecule has 1 saturated heterocycles. The number of hydrogen-bond donors (Lipinski definition) is 0. The van der Waals surface area contributed by atoms with Gasteiger partial charge in [-0.1, -0.05) is 12.1 Å². The summed E-state index contributed by atoms with van der Waals surface area (Å²) < 4.78 is 28.4. The molecule has 0 saturated carbocycles. The van der Waals surface area contributed by atoms with Crippen LogP contribution >= 0.6 is 11.3 Å². The molecule has 3 aromatic rings. The molecule has 0 aliphatic carbocycles. The lowest BCUT2D eigenvalue weighted by molar-refractivity contribution is -0.389. The first kappa shape index (κ1) is 16.9. The summed E-state index contributed by atoms with van der Waals surface area (Å²) in [4.78, 5) is 17.2.